The number of aromatic nitrogens is 1. The molecule has 0 radical (unpaired) electrons. The van der Waals surface area contributed by atoms with Gasteiger partial charge in [-0.15, -0.1) is 11.3 Å². The Hall–Kier alpha value is -3.96. The van der Waals surface area contributed by atoms with E-state index in [0.29, 0.717) is 6.42 Å². The van der Waals surface area contributed by atoms with Gasteiger partial charge in [0.2, 0.25) is 5.91 Å². The second kappa shape index (κ2) is 9.89. The number of carbonyl (C=O) groups excluding carboxylic acids is 1. The first kappa shape index (κ1) is 21.9. The number of aryl methyl sites for hydroxylation is 1. The van der Waals surface area contributed by atoms with Gasteiger partial charge in [0.05, 0.1) is 17.1 Å². The van der Waals surface area contributed by atoms with Crippen LogP contribution in [0.4, 0.5) is 5.69 Å². The molecule has 0 aliphatic heterocycles. The van der Waals surface area contributed by atoms with Crippen LogP contribution >= 0.6 is 11.3 Å². The van der Waals surface area contributed by atoms with Crippen LogP contribution in [-0.2, 0) is 17.6 Å². The highest BCUT2D eigenvalue weighted by atomic mass is 32.1. The number of benzene rings is 4. The van der Waals surface area contributed by atoms with Crippen molar-refractivity contribution >= 4 is 33.7 Å². The van der Waals surface area contributed by atoms with Crippen molar-refractivity contribution in [1.82, 2.24) is 4.98 Å². The topological polar surface area (TPSA) is 51.2 Å². The van der Waals surface area contributed by atoms with Gasteiger partial charge < -0.3 is 10.1 Å². The summed E-state index contributed by atoms with van der Waals surface area (Å²) in [6.45, 7) is 1.97. The van der Waals surface area contributed by atoms with Crippen LogP contribution in [0.2, 0.25) is 0 Å². The molecule has 0 saturated heterocycles. The fraction of sp³-hybridized carbons (Fsp3) is 0.103. The third-order valence-corrected chi connectivity index (χ3v) is 6.75. The number of anilines is 1. The zero-order valence-corrected chi connectivity index (χ0v) is 19.6. The zero-order chi connectivity index (χ0) is 23.3. The number of fused-ring (bicyclic) bond motifs is 1. The number of carbonyl (C=O) groups is 1. The number of amides is 1. The second-order valence-corrected chi connectivity index (χ2v) is 9.26. The van der Waals surface area contributed by atoms with Crippen molar-refractivity contribution in [3.05, 3.63) is 118 Å². The highest BCUT2D eigenvalue weighted by Gasteiger charge is 2.13. The average molecular weight is 465 g/mol. The highest BCUT2D eigenvalue weighted by molar-refractivity contribution is 7.11. The standard InChI is InChI=1S/C29H24N2O2S/c1-20-27(34-29(30-20)18-22-10-7-9-21-8-5-6-13-26(21)22)19-28(32)31-23-14-16-25(17-15-23)33-24-11-3-2-4-12-24/h2-17H,18-19H2,1H3,(H,31,32). The van der Waals surface area contributed by atoms with Gasteiger partial charge in [-0.2, -0.15) is 0 Å². The lowest BCUT2D eigenvalue weighted by atomic mass is 10.0. The molecule has 0 spiro atoms. The fourth-order valence-electron chi connectivity index (χ4n) is 3.92. The summed E-state index contributed by atoms with van der Waals surface area (Å²) in [6, 6.07) is 31.8. The first-order valence-electron chi connectivity index (χ1n) is 11.2. The minimum atomic E-state index is -0.0554. The van der Waals surface area contributed by atoms with Crippen molar-refractivity contribution in [2.45, 2.75) is 19.8 Å². The third kappa shape index (κ3) is 5.16. The van der Waals surface area contributed by atoms with Gasteiger partial charge in [0.1, 0.15) is 11.5 Å². The van der Waals surface area contributed by atoms with Crippen molar-refractivity contribution in [3.8, 4) is 11.5 Å². The van der Waals surface area contributed by atoms with E-state index in [1.807, 2.05) is 61.5 Å². The Morgan fingerprint density at radius 1 is 0.853 bits per heavy atom. The van der Waals surface area contributed by atoms with E-state index in [1.54, 1.807) is 11.3 Å². The van der Waals surface area contributed by atoms with Crippen molar-refractivity contribution in [2.75, 3.05) is 5.32 Å². The summed E-state index contributed by atoms with van der Waals surface area (Å²) < 4.78 is 5.81. The second-order valence-electron chi connectivity index (χ2n) is 8.10. The van der Waals surface area contributed by atoms with E-state index in [-0.39, 0.29) is 5.91 Å². The van der Waals surface area contributed by atoms with Crippen molar-refractivity contribution in [1.29, 1.82) is 0 Å². The van der Waals surface area contributed by atoms with Gasteiger partial charge in [-0.1, -0.05) is 60.7 Å². The number of thiazole rings is 1. The van der Waals surface area contributed by atoms with Crippen LogP contribution in [0.1, 0.15) is 21.1 Å². The zero-order valence-electron chi connectivity index (χ0n) is 18.8. The quantitative estimate of drug-likeness (QED) is 0.278. The Kier molecular flexibility index (Phi) is 6.36. The molecule has 1 aromatic heterocycles. The van der Waals surface area contributed by atoms with Crippen LogP contribution in [0, 0.1) is 6.92 Å². The summed E-state index contributed by atoms with van der Waals surface area (Å²) in [5, 5.41) is 6.48. The van der Waals surface area contributed by atoms with E-state index >= 15 is 0 Å². The Labute approximate surface area is 202 Å². The van der Waals surface area contributed by atoms with E-state index < -0.39 is 0 Å². The molecular weight excluding hydrogens is 440 g/mol. The number of hydrogen-bond acceptors (Lipinski definition) is 4. The van der Waals surface area contributed by atoms with Gasteiger partial charge in [-0.3, -0.25) is 4.79 Å². The van der Waals surface area contributed by atoms with E-state index in [0.717, 1.165) is 39.2 Å². The first-order valence-corrected chi connectivity index (χ1v) is 12.0. The molecule has 0 atom stereocenters. The molecule has 4 nitrogen and oxygen atoms in total. The maximum atomic E-state index is 12.7. The SMILES string of the molecule is Cc1nc(Cc2cccc3ccccc23)sc1CC(=O)Nc1ccc(Oc2ccccc2)cc1. The number of rotatable bonds is 7. The summed E-state index contributed by atoms with van der Waals surface area (Å²) in [6.07, 6.45) is 1.07. The number of ether oxygens (including phenoxy) is 1. The van der Waals surface area contributed by atoms with Gasteiger partial charge in [0.25, 0.3) is 0 Å². The van der Waals surface area contributed by atoms with Crippen LogP contribution in [-0.4, -0.2) is 10.9 Å². The van der Waals surface area contributed by atoms with Gasteiger partial charge in [-0.25, -0.2) is 4.98 Å². The van der Waals surface area contributed by atoms with Gasteiger partial charge >= 0.3 is 0 Å². The fourth-order valence-corrected chi connectivity index (χ4v) is 5.01. The number of nitrogens with zero attached hydrogens (tertiary/aromatic N) is 1. The van der Waals surface area contributed by atoms with E-state index in [4.69, 9.17) is 9.72 Å². The average Bonchev–Trinajstić information content (AvgIpc) is 3.19. The van der Waals surface area contributed by atoms with Crippen LogP contribution in [0.15, 0.2) is 97.1 Å². The molecule has 4 aromatic carbocycles. The molecule has 0 aliphatic carbocycles. The molecule has 0 aliphatic rings. The Morgan fingerprint density at radius 3 is 2.38 bits per heavy atom. The van der Waals surface area contributed by atoms with E-state index in [1.165, 1.54) is 16.3 Å². The molecule has 1 heterocycles. The summed E-state index contributed by atoms with van der Waals surface area (Å²) in [5.41, 5.74) is 2.91. The molecule has 1 amide bonds. The van der Waals surface area contributed by atoms with Gasteiger partial charge in [0, 0.05) is 17.0 Å². The predicted octanol–water partition coefficient (Wildman–Crippen LogP) is 7.17. The Morgan fingerprint density at radius 2 is 1.56 bits per heavy atom. The molecule has 5 heteroatoms. The highest BCUT2D eigenvalue weighted by Crippen LogP contribution is 2.26. The molecule has 168 valence electrons. The molecule has 5 rings (SSSR count). The van der Waals surface area contributed by atoms with Crippen molar-refractivity contribution in [3.63, 3.8) is 0 Å². The molecule has 5 aromatic rings. The molecule has 0 unspecified atom stereocenters. The first-order chi connectivity index (χ1) is 16.6. The number of hydrogen-bond donors (Lipinski definition) is 1. The Bertz CT molecular complexity index is 1420. The predicted molar refractivity (Wildman–Crippen MR) is 139 cm³/mol. The molecule has 1 N–H and O–H groups in total. The summed E-state index contributed by atoms with van der Waals surface area (Å²) in [4.78, 5) is 18.4. The lowest BCUT2D eigenvalue weighted by Gasteiger charge is -2.08. The van der Waals surface area contributed by atoms with Crippen molar-refractivity contribution < 1.29 is 9.53 Å². The summed E-state index contributed by atoms with van der Waals surface area (Å²) >= 11 is 1.61. The molecule has 0 bridgehead atoms. The number of para-hydroxylation sites is 1. The monoisotopic (exact) mass is 464 g/mol. The third-order valence-electron chi connectivity index (χ3n) is 5.60. The molecular formula is C29H24N2O2S. The lowest BCUT2D eigenvalue weighted by molar-refractivity contribution is -0.115. The van der Waals surface area contributed by atoms with Crippen LogP contribution in [0.25, 0.3) is 10.8 Å². The van der Waals surface area contributed by atoms with Gasteiger partial charge in [0.15, 0.2) is 0 Å². The maximum absolute atomic E-state index is 12.7. The van der Waals surface area contributed by atoms with Gasteiger partial charge in [-0.05, 0) is 59.7 Å². The minimum absolute atomic E-state index is 0.0554. The van der Waals surface area contributed by atoms with Crippen LogP contribution < -0.4 is 10.1 Å². The molecule has 34 heavy (non-hydrogen) atoms. The molecule has 0 fully saturated rings. The van der Waals surface area contributed by atoms with Crippen LogP contribution in [0.3, 0.4) is 0 Å². The van der Waals surface area contributed by atoms with Crippen molar-refractivity contribution in [2.24, 2.45) is 0 Å². The smallest absolute Gasteiger partial charge is 0.229 e. The van der Waals surface area contributed by atoms with E-state index in [9.17, 15) is 4.79 Å². The minimum Gasteiger partial charge on any atom is -0.457 e. The normalized spacial score (nSPS) is 10.9. The van der Waals surface area contributed by atoms with E-state index in [2.05, 4.69) is 47.8 Å². The van der Waals surface area contributed by atoms with Crippen LogP contribution in [0.5, 0.6) is 11.5 Å². The Balaban J connectivity index is 1.22. The summed E-state index contributed by atoms with van der Waals surface area (Å²) in [7, 11) is 0. The number of nitrogens with one attached hydrogen (secondary N) is 1. The lowest BCUT2D eigenvalue weighted by Crippen LogP contribution is -2.14. The molecule has 0 saturated carbocycles. The summed E-state index contributed by atoms with van der Waals surface area (Å²) in [5.74, 6) is 1.44. The maximum Gasteiger partial charge on any atom is 0.229 e. The largest absolute Gasteiger partial charge is 0.457 e.